The molecular weight excluding hydrogens is 268 g/mol. The Kier molecular flexibility index (Phi) is 4.55. The molecule has 0 N–H and O–H groups in total. The van der Waals surface area contributed by atoms with Gasteiger partial charge >= 0.3 is 0 Å². The van der Waals surface area contributed by atoms with Gasteiger partial charge in [0.15, 0.2) is 0 Å². The minimum Gasteiger partial charge on any atom is -0.336 e. The van der Waals surface area contributed by atoms with E-state index in [4.69, 9.17) is 0 Å². The van der Waals surface area contributed by atoms with Crippen LogP contribution < -0.4 is 0 Å². The zero-order valence-corrected chi connectivity index (χ0v) is 13.2. The van der Waals surface area contributed by atoms with Crippen LogP contribution in [0.5, 0.6) is 0 Å². The van der Waals surface area contributed by atoms with Crippen molar-refractivity contribution in [2.45, 2.75) is 33.2 Å². The maximum atomic E-state index is 12.2. The smallest absolute Gasteiger partial charge is 0.273 e. The van der Waals surface area contributed by atoms with Crippen molar-refractivity contribution in [1.29, 1.82) is 0 Å². The number of aryl methyl sites for hydroxylation is 1. The average molecular weight is 288 g/mol. The lowest BCUT2D eigenvalue weighted by molar-refractivity contribution is 0.0780. The second-order valence-electron chi connectivity index (χ2n) is 5.31. The molecule has 0 radical (unpaired) electrons. The van der Waals surface area contributed by atoms with E-state index in [1.807, 2.05) is 19.4 Å². The van der Waals surface area contributed by atoms with Crippen molar-refractivity contribution in [2.75, 3.05) is 7.05 Å². The minimum atomic E-state index is -0.0257. The van der Waals surface area contributed by atoms with Gasteiger partial charge in [0.25, 0.3) is 5.91 Å². The Morgan fingerprint density at radius 1 is 1.30 bits per heavy atom. The Balaban J connectivity index is 2.03. The Morgan fingerprint density at radius 2 is 1.95 bits per heavy atom. The van der Waals surface area contributed by atoms with Gasteiger partial charge in [-0.1, -0.05) is 38.1 Å². The maximum absolute atomic E-state index is 12.2. The van der Waals surface area contributed by atoms with Gasteiger partial charge in [0.05, 0.1) is 5.01 Å². The molecule has 0 saturated carbocycles. The van der Waals surface area contributed by atoms with Crippen LogP contribution in [-0.2, 0) is 6.54 Å². The van der Waals surface area contributed by atoms with Gasteiger partial charge in [0, 0.05) is 19.0 Å². The summed E-state index contributed by atoms with van der Waals surface area (Å²) in [6.45, 7) is 6.87. The third-order valence-electron chi connectivity index (χ3n) is 3.25. The molecule has 0 aliphatic carbocycles. The molecule has 1 heterocycles. The molecular formula is C16H20N2OS. The maximum Gasteiger partial charge on any atom is 0.273 e. The molecule has 0 aliphatic rings. The standard InChI is InChI=1S/C16H20N2OS/c1-11(2)14-7-5-13(6-8-14)9-18(4)16(19)15-10-20-12(3)17-15/h5-8,10-11H,9H2,1-4H3. The number of hydrogen-bond acceptors (Lipinski definition) is 3. The number of thiazole rings is 1. The first-order valence-electron chi connectivity index (χ1n) is 6.74. The van der Waals surface area contributed by atoms with Crippen molar-refractivity contribution < 1.29 is 4.79 Å². The first kappa shape index (κ1) is 14.7. The monoisotopic (exact) mass is 288 g/mol. The molecule has 0 atom stereocenters. The molecule has 1 aromatic carbocycles. The van der Waals surface area contributed by atoms with E-state index < -0.39 is 0 Å². The lowest BCUT2D eigenvalue weighted by Crippen LogP contribution is -2.26. The Labute approximate surface area is 124 Å². The summed E-state index contributed by atoms with van der Waals surface area (Å²) in [5, 5.41) is 2.73. The van der Waals surface area contributed by atoms with Gasteiger partial charge in [-0.3, -0.25) is 4.79 Å². The van der Waals surface area contributed by atoms with Crippen molar-refractivity contribution in [3.8, 4) is 0 Å². The van der Waals surface area contributed by atoms with E-state index in [1.165, 1.54) is 16.9 Å². The quantitative estimate of drug-likeness (QED) is 0.856. The number of aromatic nitrogens is 1. The van der Waals surface area contributed by atoms with Crippen LogP contribution in [0.3, 0.4) is 0 Å². The summed E-state index contributed by atoms with van der Waals surface area (Å²) in [5.41, 5.74) is 2.99. The molecule has 4 heteroatoms. The van der Waals surface area contributed by atoms with Crippen molar-refractivity contribution in [2.24, 2.45) is 0 Å². The van der Waals surface area contributed by atoms with E-state index in [0.29, 0.717) is 18.2 Å². The van der Waals surface area contributed by atoms with E-state index in [0.717, 1.165) is 10.6 Å². The van der Waals surface area contributed by atoms with Crippen molar-refractivity contribution in [1.82, 2.24) is 9.88 Å². The molecule has 106 valence electrons. The molecule has 3 nitrogen and oxygen atoms in total. The Hall–Kier alpha value is -1.68. The summed E-state index contributed by atoms with van der Waals surface area (Å²) in [4.78, 5) is 18.2. The lowest BCUT2D eigenvalue weighted by atomic mass is 10.0. The predicted molar refractivity (Wildman–Crippen MR) is 83.2 cm³/mol. The van der Waals surface area contributed by atoms with Gasteiger partial charge in [-0.25, -0.2) is 4.98 Å². The first-order chi connectivity index (χ1) is 9.47. The molecule has 1 aromatic heterocycles. The van der Waals surface area contributed by atoms with Gasteiger partial charge < -0.3 is 4.90 Å². The number of rotatable bonds is 4. The van der Waals surface area contributed by atoms with Crippen LogP contribution in [0.4, 0.5) is 0 Å². The van der Waals surface area contributed by atoms with Gasteiger partial charge in [0.1, 0.15) is 5.69 Å². The third-order valence-corrected chi connectivity index (χ3v) is 4.02. The highest BCUT2D eigenvalue weighted by molar-refractivity contribution is 7.09. The summed E-state index contributed by atoms with van der Waals surface area (Å²) in [6.07, 6.45) is 0. The molecule has 0 aliphatic heterocycles. The number of carbonyl (C=O) groups excluding carboxylic acids is 1. The van der Waals surface area contributed by atoms with Crippen LogP contribution in [0, 0.1) is 6.92 Å². The lowest BCUT2D eigenvalue weighted by Gasteiger charge is -2.16. The molecule has 2 aromatic rings. The van der Waals surface area contributed by atoms with Gasteiger partial charge in [-0.15, -0.1) is 11.3 Å². The number of nitrogens with zero attached hydrogens (tertiary/aromatic N) is 2. The molecule has 20 heavy (non-hydrogen) atoms. The van der Waals surface area contributed by atoms with Gasteiger partial charge in [0.2, 0.25) is 0 Å². The normalized spacial score (nSPS) is 10.8. The summed E-state index contributed by atoms with van der Waals surface area (Å²) >= 11 is 1.50. The van der Waals surface area contributed by atoms with Crippen LogP contribution >= 0.6 is 11.3 Å². The highest BCUT2D eigenvalue weighted by Gasteiger charge is 2.14. The molecule has 1 amide bonds. The van der Waals surface area contributed by atoms with Crippen LogP contribution in [0.1, 0.15) is 46.4 Å². The second-order valence-corrected chi connectivity index (χ2v) is 6.37. The number of benzene rings is 1. The van der Waals surface area contributed by atoms with E-state index in [9.17, 15) is 4.79 Å². The van der Waals surface area contributed by atoms with Gasteiger partial charge in [-0.2, -0.15) is 0 Å². The molecule has 2 rings (SSSR count). The second kappa shape index (κ2) is 6.18. The fraction of sp³-hybridized carbons (Fsp3) is 0.375. The Morgan fingerprint density at radius 3 is 2.45 bits per heavy atom. The average Bonchev–Trinajstić information content (AvgIpc) is 2.85. The van der Waals surface area contributed by atoms with Crippen LogP contribution in [0.25, 0.3) is 0 Å². The number of carbonyl (C=O) groups is 1. The topological polar surface area (TPSA) is 33.2 Å². The largest absolute Gasteiger partial charge is 0.336 e. The number of amides is 1. The molecule has 0 fully saturated rings. The Bertz CT molecular complexity index is 587. The summed E-state index contributed by atoms with van der Waals surface area (Å²) in [5.74, 6) is 0.503. The fourth-order valence-corrected chi connectivity index (χ4v) is 2.60. The van der Waals surface area contributed by atoms with Gasteiger partial charge in [-0.05, 0) is 24.0 Å². The zero-order chi connectivity index (χ0) is 14.7. The third kappa shape index (κ3) is 3.45. The van der Waals surface area contributed by atoms with Crippen LogP contribution in [0.15, 0.2) is 29.6 Å². The van der Waals surface area contributed by atoms with E-state index in [-0.39, 0.29) is 5.91 Å². The summed E-state index contributed by atoms with van der Waals surface area (Å²) in [7, 11) is 1.81. The van der Waals surface area contributed by atoms with E-state index in [1.54, 1.807) is 4.90 Å². The predicted octanol–water partition coefficient (Wildman–Crippen LogP) is 3.85. The molecule has 0 bridgehead atoms. The zero-order valence-electron chi connectivity index (χ0n) is 12.4. The van der Waals surface area contributed by atoms with Crippen molar-refractivity contribution in [3.63, 3.8) is 0 Å². The SMILES string of the molecule is Cc1nc(C(=O)N(C)Cc2ccc(C(C)C)cc2)cs1. The fourth-order valence-electron chi connectivity index (χ4n) is 2.01. The van der Waals surface area contributed by atoms with E-state index >= 15 is 0 Å². The molecule has 0 spiro atoms. The van der Waals surface area contributed by atoms with Crippen LogP contribution in [-0.4, -0.2) is 22.8 Å². The number of hydrogen-bond donors (Lipinski definition) is 0. The highest BCUT2D eigenvalue weighted by atomic mass is 32.1. The molecule has 0 saturated heterocycles. The summed E-state index contributed by atoms with van der Waals surface area (Å²) < 4.78 is 0. The van der Waals surface area contributed by atoms with Crippen molar-refractivity contribution >= 4 is 17.2 Å². The highest BCUT2D eigenvalue weighted by Crippen LogP contribution is 2.16. The molecule has 0 unspecified atom stereocenters. The van der Waals surface area contributed by atoms with Crippen molar-refractivity contribution in [3.05, 3.63) is 51.5 Å². The first-order valence-corrected chi connectivity index (χ1v) is 7.61. The van der Waals surface area contributed by atoms with Crippen LogP contribution in [0.2, 0.25) is 0 Å². The van der Waals surface area contributed by atoms with E-state index in [2.05, 4.69) is 43.1 Å². The summed E-state index contributed by atoms with van der Waals surface area (Å²) in [6, 6.07) is 8.44. The minimum absolute atomic E-state index is 0.0257.